The van der Waals surface area contributed by atoms with Gasteiger partial charge < -0.3 is 20.7 Å². The summed E-state index contributed by atoms with van der Waals surface area (Å²) in [6.45, 7) is 4.32. The van der Waals surface area contributed by atoms with Crippen LogP contribution in [0.1, 0.15) is 28.6 Å². The van der Waals surface area contributed by atoms with Gasteiger partial charge in [-0.2, -0.15) is 4.98 Å². The zero-order valence-corrected chi connectivity index (χ0v) is 19.9. The number of pyridine rings is 1. The van der Waals surface area contributed by atoms with Gasteiger partial charge in [0.05, 0.1) is 16.8 Å². The molecule has 0 bridgehead atoms. The van der Waals surface area contributed by atoms with E-state index in [4.69, 9.17) is 21.3 Å². The highest BCUT2D eigenvalue weighted by Crippen LogP contribution is 2.41. The highest BCUT2D eigenvalue weighted by atomic mass is 35.5. The van der Waals surface area contributed by atoms with Crippen LogP contribution in [0.3, 0.4) is 0 Å². The first kappa shape index (κ1) is 21.3. The first-order valence-electron chi connectivity index (χ1n) is 11.1. The quantitative estimate of drug-likeness (QED) is 0.359. The van der Waals surface area contributed by atoms with Crippen molar-refractivity contribution in [1.29, 1.82) is 0 Å². The lowest BCUT2D eigenvalue weighted by atomic mass is 10.0. The maximum absolute atomic E-state index is 12.7. The van der Waals surface area contributed by atoms with E-state index in [2.05, 4.69) is 32.0 Å². The second-order valence-electron chi connectivity index (χ2n) is 8.36. The van der Waals surface area contributed by atoms with Crippen molar-refractivity contribution in [2.24, 2.45) is 0 Å². The fraction of sp³-hybridized carbons (Fsp3) is 0.250. The number of amides is 1. The molecule has 1 aromatic carbocycles. The van der Waals surface area contributed by atoms with Crippen molar-refractivity contribution >= 4 is 61.1 Å². The van der Waals surface area contributed by atoms with Gasteiger partial charge in [0.2, 0.25) is 17.0 Å². The van der Waals surface area contributed by atoms with Crippen LogP contribution in [0.2, 0.25) is 5.28 Å². The molecule has 10 heteroatoms. The molecular weight excluding hydrogens is 472 g/mol. The number of fused-ring (bicyclic) bond motifs is 5. The van der Waals surface area contributed by atoms with Crippen molar-refractivity contribution in [2.45, 2.75) is 19.4 Å². The van der Waals surface area contributed by atoms with Crippen molar-refractivity contribution in [1.82, 2.24) is 25.6 Å². The Labute approximate surface area is 204 Å². The Morgan fingerprint density at radius 1 is 1.21 bits per heavy atom. The number of nitrogens with one attached hydrogen (secondary N) is 3. The first-order valence-corrected chi connectivity index (χ1v) is 12.3. The number of hydrogen-bond donors (Lipinski definition) is 3. The minimum absolute atomic E-state index is 0.0462. The van der Waals surface area contributed by atoms with Crippen LogP contribution in [0.5, 0.6) is 11.8 Å². The number of nitrogens with zero attached hydrogens (tertiary/aromatic N) is 3. The highest BCUT2D eigenvalue weighted by molar-refractivity contribution is 7.21. The number of carbonyl (C=O) groups excluding carboxylic acids is 1. The van der Waals surface area contributed by atoms with E-state index >= 15 is 0 Å². The normalized spacial score (nSPS) is 18.1. The molecule has 4 aromatic rings. The molecular formula is C24H21ClN6O2S. The topological polar surface area (TPSA) is 101 Å². The van der Waals surface area contributed by atoms with Crippen LogP contribution in [-0.4, -0.2) is 46.5 Å². The van der Waals surface area contributed by atoms with Crippen molar-refractivity contribution in [3.63, 3.8) is 0 Å². The Bertz CT molecular complexity index is 1480. The van der Waals surface area contributed by atoms with Crippen molar-refractivity contribution < 1.29 is 9.53 Å². The summed E-state index contributed by atoms with van der Waals surface area (Å²) in [6, 6.07) is 7.80. The van der Waals surface area contributed by atoms with Gasteiger partial charge in [-0.1, -0.05) is 6.08 Å². The molecule has 0 spiro atoms. The number of halogens is 1. The Kier molecular flexibility index (Phi) is 5.32. The molecule has 0 aliphatic carbocycles. The molecule has 0 fully saturated rings. The predicted octanol–water partition coefficient (Wildman–Crippen LogP) is 4.61. The van der Waals surface area contributed by atoms with Gasteiger partial charge >= 0.3 is 0 Å². The summed E-state index contributed by atoms with van der Waals surface area (Å²) in [6.07, 6.45) is 4.66. The van der Waals surface area contributed by atoms with Gasteiger partial charge in [-0.3, -0.25) is 4.79 Å². The minimum Gasteiger partial charge on any atom is -0.420 e. The van der Waals surface area contributed by atoms with Crippen molar-refractivity contribution in [3.8, 4) is 11.8 Å². The Hall–Kier alpha value is -3.27. The van der Waals surface area contributed by atoms with E-state index in [9.17, 15) is 4.79 Å². The standard InChI is InChI=1S/C24H21ClN6O2S/c1-12-10-27-20-19-14-2-5-18(30-16(14)3-4-17(19)34-21(20)22(32)29-12)33-23-15(11-28-24(25)31-23)13-6-8-26-9-7-13/h2-6,11-12,26-27H,7-10H2,1H3,(H,29,32)/t12-/m1/s1. The Morgan fingerprint density at radius 2 is 2.12 bits per heavy atom. The number of carbonyl (C=O) groups is 1. The third-order valence-corrected chi connectivity index (χ3v) is 7.34. The summed E-state index contributed by atoms with van der Waals surface area (Å²) in [7, 11) is 0. The fourth-order valence-corrected chi connectivity index (χ4v) is 5.60. The molecule has 2 aliphatic rings. The predicted molar refractivity (Wildman–Crippen MR) is 135 cm³/mol. The molecule has 0 saturated heterocycles. The van der Waals surface area contributed by atoms with Gasteiger partial charge in [-0.25, -0.2) is 9.97 Å². The van der Waals surface area contributed by atoms with E-state index in [-0.39, 0.29) is 17.2 Å². The van der Waals surface area contributed by atoms with E-state index < -0.39 is 0 Å². The number of hydrogen-bond acceptors (Lipinski definition) is 8. The van der Waals surface area contributed by atoms with Gasteiger partial charge in [0.15, 0.2) is 0 Å². The van der Waals surface area contributed by atoms with E-state index in [1.165, 1.54) is 11.3 Å². The van der Waals surface area contributed by atoms with Crippen LogP contribution in [0, 0.1) is 0 Å². The van der Waals surface area contributed by atoms with E-state index in [1.807, 2.05) is 31.2 Å². The number of anilines is 1. The first-order chi connectivity index (χ1) is 16.6. The number of ether oxygens (including phenoxy) is 1. The molecule has 3 aromatic heterocycles. The maximum Gasteiger partial charge on any atom is 0.263 e. The molecule has 0 radical (unpaired) electrons. The second-order valence-corrected chi connectivity index (χ2v) is 9.75. The van der Waals surface area contributed by atoms with Gasteiger partial charge in [0.1, 0.15) is 4.88 Å². The lowest BCUT2D eigenvalue weighted by Crippen LogP contribution is -2.34. The van der Waals surface area contributed by atoms with Gasteiger partial charge in [0.25, 0.3) is 5.91 Å². The van der Waals surface area contributed by atoms with Crippen LogP contribution in [0.25, 0.3) is 26.6 Å². The smallest absolute Gasteiger partial charge is 0.263 e. The largest absolute Gasteiger partial charge is 0.420 e. The monoisotopic (exact) mass is 492 g/mol. The lowest BCUT2D eigenvalue weighted by Gasteiger charge is -2.16. The van der Waals surface area contributed by atoms with E-state index in [1.54, 1.807) is 6.20 Å². The second kappa shape index (κ2) is 8.50. The lowest BCUT2D eigenvalue weighted by molar-refractivity contribution is 0.0949. The summed E-state index contributed by atoms with van der Waals surface area (Å²) >= 11 is 7.57. The third kappa shape index (κ3) is 3.75. The van der Waals surface area contributed by atoms with E-state index in [0.717, 1.165) is 57.3 Å². The zero-order chi connectivity index (χ0) is 23.2. The van der Waals surface area contributed by atoms with Crippen LogP contribution in [-0.2, 0) is 0 Å². The molecule has 34 heavy (non-hydrogen) atoms. The summed E-state index contributed by atoms with van der Waals surface area (Å²) in [4.78, 5) is 26.6. The molecule has 8 nitrogen and oxygen atoms in total. The summed E-state index contributed by atoms with van der Waals surface area (Å²) < 4.78 is 7.16. The number of thiophene rings is 1. The average molecular weight is 493 g/mol. The fourth-order valence-electron chi connectivity index (χ4n) is 4.37. The average Bonchev–Trinajstić information content (AvgIpc) is 3.16. The molecule has 3 N–H and O–H groups in total. The van der Waals surface area contributed by atoms with E-state index in [0.29, 0.717) is 23.2 Å². The minimum atomic E-state index is -0.0462. The van der Waals surface area contributed by atoms with Crippen molar-refractivity contribution in [2.75, 3.05) is 25.0 Å². The Balaban J connectivity index is 1.41. The van der Waals surface area contributed by atoms with Crippen molar-refractivity contribution in [3.05, 3.63) is 52.3 Å². The third-order valence-electron chi connectivity index (χ3n) is 6.00. The van der Waals surface area contributed by atoms with Gasteiger partial charge in [-0.15, -0.1) is 11.3 Å². The van der Waals surface area contributed by atoms with Crippen LogP contribution < -0.4 is 20.7 Å². The van der Waals surface area contributed by atoms with Crippen LogP contribution >= 0.6 is 22.9 Å². The van der Waals surface area contributed by atoms with Gasteiger partial charge in [-0.05, 0) is 55.3 Å². The molecule has 6 rings (SSSR count). The number of benzene rings is 1. The molecule has 172 valence electrons. The summed E-state index contributed by atoms with van der Waals surface area (Å²) in [5.74, 6) is 0.756. The number of aromatic nitrogens is 3. The summed E-state index contributed by atoms with van der Waals surface area (Å²) in [5.41, 5.74) is 3.57. The molecule has 1 amide bonds. The highest BCUT2D eigenvalue weighted by Gasteiger charge is 2.25. The zero-order valence-electron chi connectivity index (χ0n) is 18.3. The SMILES string of the molecule is C[C@@H]1CNc2c(sc3ccc4nc(Oc5nc(Cl)ncc5C5=CCNCC5)ccc4c23)C(=O)N1. The Morgan fingerprint density at radius 3 is 2.97 bits per heavy atom. The van der Waals surface area contributed by atoms with Gasteiger partial charge in [0, 0.05) is 46.9 Å². The molecule has 0 unspecified atom stereocenters. The van der Waals surface area contributed by atoms with Crippen LogP contribution in [0.4, 0.5) is 5.69 Å². The van der Waals surface area contributed by atoms with Crippen LogP contribution in [0.15, 0.2) is 36.5 Å². The molecule has 0 saturated carbocycles. The number of rotatable bonds is 3. The summed E-state index contributed by atoms with van der Waals surface area (Å²) in [5, 5.41) is 11.9. The molecule has 1 atom stereocenters. The molecule has 2 aliphatic heterocycles. The maximum atomic E-state index is 12.7. The molecule has 5 heterocycles.